The second-order valence-corrected chi connectivity index (χ2v) is 8.23. The molecule has 1 aromatic heterocycles. The molecule has 0 saturated carbocycles. The summed E-state index contributed by atoms with van der Waals surface area (Å²) in [6, 6.07) is 25.5. The molecular formula is C25H25N3O2. The van der Waals surface area contributed by atoms with E-state index in [0.29, 0.717) is 5.69 Å². The maximum absolute atomic E-state index is 13.0. The molecule has 0 spiro atoms. The number of benzene rings is 3. The van der Waals surface area contributed by atoms with E-state index in [-0.39, 0.29) is 0 Å². The molecule has 4 aromatic rings. The van der Waals surface area contributed by atoms with Crippen molar-refractivity contribution >= 4 is 34.1 Å². The Bertz CT molecular complexity index is 1190. The van der Waals surface area contributed by atoms with Gasteiger partial charge in [-0.25, -0.2) is 9.36 Å². The Morgan fingerprint density at radius 2 is 1.57 bits per heavy atom. The number of nitrogens with one attached hydrogen (secondary N) is 1. The summed E-state index contributed by atoms with van der Waals surface area (Å²) in [6.45, 7) is 5.57. The van der Waals surface area contributed by atoms with Crippen molar-refractivity contribution in [1.82, 2.24) is 4.57 Å². The van der Waals surface area contributed by atoms with Crippen molar-refractivity contribution in [3.05, 3.63) is 78.9 Å². The van der Waals surface area contributed by atoms with Gasteiger partial charge in [0.15, 0.2) is 0 Å². The number of carbonyl (C=O) groups excluding carboxylic acids is 1. The summed E-state index contributed by atoms with van der Waals surface area (Å²) in [5.74, 6) is 0. The molecule has 0 bridgehead atoms. The molecule has 1 heterocycles. The number of aromatic nitrogens is 1. The largest absolute Gasteiger partial charge is 0.443 e. The number of nitrogens with two attached hydrogens (primary N) is 1. The Kier molecular flexibility index (Phi) is 4.96. The van der Waals surface area contributed by atoms with Gasteiger partial charge in [-0.2, -0.15) is 0 Å². The minimum absolute atomic E-state index is 0.426. The summed E-state index contributed by atoms with van der Waals surface area (Å²) >= 11 is 0. The molecule has 0 saturated heterocycles. The zero-order valence-corrected chi connectivity index (χ0v) is 17.3. The lowest BCUT2D eigenvalue weighted by Gasteiger charge is -2.21. The molecule has 0 amide bonds. The van der Waals surface area contributed by atoms with E-state index < -0.39 is 11.7 Å². The molecule has 0 fully saturated rings. The third kappa shape index (κ3) is 4.15. The Morgan fingerprint density at radius 3 is 2.23 bits per heavy atom. The van der Waals surface area contributed by atoms with Crippen molar-refractivity contribution < 1.29 is 9.53 Å². The van der Waals surface area contributed by atoms with Gasteiger partial charge in [-0.1, -0.05) is 36.4 Å². The van der Waals surface area contributed by atoms with Gasteiger partial charge in [-0.3, -0.25) is 0 Å². The quantitative estimate of drug-likeness (QED) is 0.390. The van der Waals surface area contributed by atoms with Gasteiger partial charge in [0, 0.05) is 22.4 Å². The first kappa shape index (κ1) is 19.6. The highest BCUT2D eigenvalue weighted by Gasteiger charge is 2.23. The van der Waals surface area contributed by atoms with Crippen LogP contribution in [0.2, 0.25) is 0 Å². The van der Waals surface area contributed by atoms with E-state index >= 15 is 0 Å². The molecule has 152 valence electrons. The Morgan fingerprint density at radius 1 is 0.900 bits per heavy atom. The lowest BCUT2D eigenvalue weighted by Crippen LogP contribution is -2.27. The molecule has 3 aromatic carbocycles. The first-order valence-electron chi connectivity index (χ1n) is 9.87. The monoisotopic (exact) mass is 399 g/mol. The number of hydrogen-bond donors (Lipinski definition) is 2. The molecule has 3 N–H and O–H groups in total. The van der Waals surface area contributed by atoms with Gasteiger partial charge >= 0.3 is 6.09 Å². The predicted molar refractivity (Wildman–Crippen MR) is 123 cm³/mol. The lowest BCUT2D eigenvalue weighted by atomic mass is 10.1. The summed E-state index contributed by atoms with van der Waals surface area (Å²) in [7, 11) is 0. The number of rotatable bonds is 3. The highest BCUT2D eigenvalue weighted by molar-refractivity contribution is 5.97. The lowest BCUT2D eigenvalue weighted by molar-refractivity contribution is 0.0547. The average Bonchev–Trinajstić information content (AvgIpc) is 3.07. The molecular weight excluding hydrogens is 374 g/mol. The number of anilines is 3. The smallest absolute Gasteiger partial charge is 0.419 e. The predicted octanol–water partition coefficient (Wildman–Crippen LogP) is 6.42. The third-order valence-electron chi connectivity index (χ3n) is 4.65. The van der Waals surface area contributed by atoms with Crippen LogP contribution in [0.4, 0.5) is 21.9 Å². The van der Waals surface area contributed by atoms with Gasteiger partial charge in [0.25, 0.3) is 0 Å². The van der Waals surface area contributed by atoms with Crippen LogP contribution in [0, 0.1) is 0 Å². The molecule has 0 aliphatic heterocycles. The van der Waals surface area contributed by atoms with Crippen LogP contribution in [-0.2, 0) is 4.74 Å². The van der Waals surface area contributed by atoms with E-state index in [9.17, 15) is 4.79 Å². The van der Waals surface area contributed by atoms with Crippen LogP contribution in [0.15, 0.2) is 78.9 Å². The molecule has 0 radical (unpaired) electrons. The fourth-order valence-electron chi connectivity index (χ4n) is 3.35. The van der Waals surface area contributed by atoms with Crippen LogP contribution in [0.1, 0.15) is 20.8 Å². The Balaban J connectivity index is 1.74. The Hall–Kier alpha value is -3.73. The SMILES string of the molecule is CC(C)(C)OC(=O)n1c(-c2ccc(Nc3ccccc3)cc2)cc2ccc(N)cc21. The van der Waals surface area contributed by atoms with Gasteiger partial charge in [-0.15, -0.1) is 0 Å². The first-order chi connectivity index (χ1) is 14.3. The van der Waals surface area contributed by atoms with E-state index in [1.54, 1.807) is 10.6 Å². The standard InChI is InChI=1S/C25H25N3O2/c1-25(2,3)30-24(29)28-22(15-18-9-12-19(26)16-23(18)28)17-10-13-21(14-11-17)27-20-7-5-4-6-8-20/h4-16,27H,26H2,1-3H3. The minimum atomic E-state index is -0.602. The minimum Gasteiger partial charge on any atom is -0.443 e. The van der Waals surface area contributed by atoms with Crippen molar-refractivity contribution in [2.45, 2.75) is 26.4 Å². The van der Waals surface area contributed by atoms with Gasteiger partial charge in [0.1, 0.15) is 5.60 Å². The fraction of sp³-hybridized carbons (Fsp3) is 0.160. The summed E-state index contributed by atoms with van der Waals surface area (Å²) in [4.78, 5) is 13.0. The van der Waals surface area contributed by atoms with Crippen LogP contribution in [-0.4, -0.2) is 16.3 Å². The van der Waals surface area contributed by atoms with E-state index in [2.05, 4.69) is 5.32 Å². The summed E-state index contributed by atoms with van der Waals surface area (Å²) in [5.41, 5.74) is 10.4. The summed E-state index contributed by atoms with van der Waals surface area (Å²) in [5, 5.41) is 4.30. The number of hydrogen-bond acceptors (Lipinski definition) is 4. The van der Waals surface area contributed by atoms with E-state index in [4.69, 9.17) is 10.5 Å². The fourth-order valence-corrected chi connectivity index (χ4v) is 3.35. The average molecular weight is 399 g/mol. The highest BCUT2D eigenvalue weighted by Crippen LogP contribution is 2.31. The molecule has 5 heteroatoms. The second kappa shape index (κ2) is 7.59. The molecule has 0 aliphatic carbocycles. The van der Waals surface area contributed by atoms with Gasteiger partial charge in [0.05, 0.1) is 11.2 Å². The maximum atomic E-state index is 13.0. The number of nitrogen functional groups attached to an aromatic ring is 1. The normalized spacial score (nSPS) is 11.4. The molecule has 5 nitrogen and oxygen atoms in total. The van der Waals surface area contributed by atoms with Gasteiger partial charge < -0.3 is 15.8 Å². The number of ether oxygens (including phenoxy) is 1. The van der Waals surface area contributed by atoms with Gasteiger partial charge in [-0.05, 0) is 68.8 Å². The zero-order chi connectivity index (χ0) is 21.3. The van der Waals surface area contributed by atoms with Crippen molar-refractivity contribution in [1.29, 1.82) is 0 Å². The molecule has 0 unspecified atom stereocenters. The van der Waals surface area contributed by atoms with Crippen LogP contribution >= 0.6 is 0 Å². The third-order valence-corrected chi connectivity index (χ3v) is 4.65. The number of carbonyl (C=O) groups is 1. The van der Waals surface area contributed by atoms with Crippen molar-refractivity contribution in [2.75, 3.05) is 11.1 Å². The number of fused-ring (bicyclic) bond motifs is 1. The first-order valence-corrected chi connectivity index (χ1v) is 9.87. The molecule has 4 rings (SSSR count). The summed E-state index contributed by atoms with van der Waals surface area (Å²) in [6.07, 6.45) is -0.426. The van der Waals surface area contributed by atoms with Crippen LogP contribution in [0.25, 0.3) is 22.2 Å². The van der Waals surface area contributed by atoms with Crippen LogP contribution < -0.4 is 11.1 Å². The molecule has 0 atom stereocenters. The topological polar surface area (TPSA) is 69.3 Å². The van der Waals surface area contributed by atoms with Crippen LogP contribution in [0.5, 0.6) is 0 Å². The molecule has 0 aliphatic rings. The number of para-hydroxylation sites is 1. The van der Waals surface area contributed by atoms with Crippen molar-refractivity contribution in [3.63, 3.8) is 0 Å². The summed E-state index contributed by atoms with van der Waals surface area (Å²) < 4.78 is 7.26. The van der Waals surface area contributed by atoms with Crippen LogP contribution in [0.3, 0.4) is 0 Å². The molecule has 30 heavy (non-hydrogen) atoms. The Labute approximate surface area is 176 Å². The zero-order valence-electron chi connectivity index (χ0n) is 17.3. The van der Waals surface area contributed by atoms with E-state index in [1.807, 2.05) is 93.6 Å². The van der Waals surface area contributed by atoms with Crippen molar-refractivity contribution in [3.8, 4) is 11.3 Å². The van der Waals surface area contributed by atoms with E-state index in [0.717, 1.165) is 33.5 Å². The number of nitrogens with zero attached hydrogens (tertiary/aromatic N) is 1. The van der Waals surface area contributed by atoms with E-state index in [1.165, 1.54) is 0 Å². The second-order valence-electron chi connectivity index (χ2n) is 8.23. The highest BCUT2D eigenvalue weighted by atomic mass is 16.6. The van der Waals surface area contributed by atoms with Gasteiger partial charge in [0.2, 0.25) is 0 Å². The van der Waals surface area contributed by atoms with Crippen molar-refractivity contribution in [2.24, 2.45) is 0 Å². The maximum Gasteiger partial charge on any atom is 0.419 e.